The molecule has 1 saturated heterocycles. The van der Waals surface area contributed by atoms with Crippen molar-refractivity contribution in [2.45, 2.75) is 12.5 Å². The monoisotopic (exact) mass is 475 g/mol. The maximum Gasteiger partial charge on any atom is 0.219 e. The topological polar surface area (TPSA) is 96.7 Å². The lowest BCUT2D eigenvalue weighted by molar-refractivity contribution is -0.117. The van der Waals surface area contributed by atoms with Gasteiger partial charge in [-0.3, -0.25) is 10.00 Å². The molecule has 9 heteroatoms. The molecule has 0 amide bonds. The Kier molecular flexibility index (Phi) is 7.17. The van der Waals surface area contributed by atoms with E-state index in [2.05, 4.69) is 25.0 Å². The second-order valence-corrected chi connectivity index (χ2v) is 8.68. The van der Waals surface area contributed by atoms with Crippen molar-refractivity contribution in [2.75, 3.05) is 46.4 Å². The van der Waals surface area contributed by atoms with Crippen molar-refractivity contribution >= 4 is 17.3 Å². The number of nitrogens with one attached hydrogen (secondary N) is 1. The highest BCUT2D eigenvalue weighted by Crippen LogP contribution is 2.29. The molecule has 0 aliphatic carbocycles. The molecule has 1 aromatic carbocycles. The molecule has 0 unspecified atom stereocenters. The molecular formula is C26H29N5O4. The van der Waals surface area contributed by atoms with E-state index in [4.69, 9.17) is 13.9 Å². The van der Waals surface area contributed by atoms with E-state index in [9.17, 15) is 4.79 Å². The standard InChI is InChI=1S/C26H29N5O4/c1-33-22(17-32)16-31-12-10-30(11-13-31)9-7-20-18-34-25-14-21(3-4-23(20)25)35-26-5-2-19(15-27-26)24-6-8-28-29-24/h2-6,8,14-15,17-18,22H,7,9-13,16H2,1H3,(H,28,29)/t22-/m1/s1. The number of nitrogens with zero attached hydrogens (tertiary/aromatic N) is 4. The summed E-state index contributed by atoms with van der Waals surface area (Å²) in [5.41, 5.74) is 3.85. The van der Waals surface area contributed by atoms with Gasteiger partial charge in [0.2, 0.25) is 5.88 Å². The van der Waals surface area contributed by atoms with Gasteiger partial charge in [-0.2, -0.15) is 5.10 Å². The lowest BCUT2D eigenvalue weighted by Crippen LogP contribution is -2.49. The number of furan rings is 1. The number of hydrogen-bond donors (Lipinski definition) is 1. The predicted molar refractivity (Wildman–Crippen MR) is 132 cm³/mol. The molecular weight excluding hydrogens is 446 g/mol. The number of aldehydes is 1. The van der Waals surface area contributed by atoms with Gasteiger partial charge in [0.05, 0.1) is 12.0 Å². The van der Waals surface area contributed by atoms with Crippen LogP contribution in [0.25, 0.3) is 22.2 Å². The highest BCUT2D eigenvalue weighted by molar-refractivity contribution is 5.82. The average Bonchev–Trinajstić information content (AvgIpc) is 3.57. The number of fused-ring (bicyclic) bond motifs is 1. The van der Waals surface area contributed by atoms with Gasteiger partial charge in [-0.15, -0.1) is 0 Å². The molecule has 3 aromatic heterocycles. The highest BCUT2D eigenvalue weighted by Gasteiger charge is 2.20. The van der Waals surface area contributed by atoms with E-state index in [-0.39, 0.29) is 6.10 Å². The highest BCUT2D eigenvalue weighted by atomic mass is 16.5. The Bertz CT molecular complexity index is 1230. The van der Waals surface area contributed by atoms with Crippen LogP contribution in [0.15, 0.2) is 59.5 Å². The summed E-state index contributed by atoms with van der Waals surface area (Å²) in [5.74, 6) is 1.20. The third kappa shape index (κ3) is 5.59. The van der Waals surface area contributed by atoms with Gasteiger partial charge in [0.25, 0.3) is 0 Å². The Labute approximate surface area is 203 Å². The lowest BCUT2D eigenvalue weighted by Gasteiger charge is -2.35. The van der Waals surface area contributed by atoms with Crippen LogP contribution in [0, 0.1) is 0 Å². The van der Waals surface area contributed by atoms with E-state index in [1.165, 1.54) is 5.56 Å². The van der Waals surface area contributed by atoms with Gasteiger partial charge in [0.1, 0.15) is 23.7 Å². The summed E-state index contributed by atoms with van der Waals surface area (Å²) in [6.07, 6.45) is 6.76. The second-order valence-electron chi connectivity index (χ2n) is 8.68. The Morgan fingerprint density at radius 1 is 1.14 bits per heavy atom. The first-order chi connectivity index (χ1) is 17.2. The molecule has 0 spiro atoms. The zero-order valence-corrected chi connectivity index (χ0v) is 19.7. The van der Waals surface area contributed by atoms with Gasteiger partial charge in [-0.1, -0.05) is 0 Å². The largest absolute Gasteiger partial charge is 0.464 e. The van der Waals surface area contributed by atoms with Crippen molar-refractivity contribution in [1.29, 1.82) is 0 Å². The zero-order valence-electron chi connectivity index (χ0n) is 19.7. The number of hydrogen-bond acceptors (Lipinski definition) is 8. The summed E-state index contributed by atoms with van der Waals surface area (Å²) in [7, 11) is 1.58. The summed E-state index contributed by atoms with van der Waals surface area (Å²) in [5, 5.41) is 7.99. The van der Waals surface area contributed by atoms with Crippen LogP contribution in [0.4, 0.5) is 0 Å². The number of carbonyl (C=O) groups is 1. The number of aromatic nitrogens is 3. The molecule has 0 radical (unpaired) electrons. The normalized spacial score (nSPS) is 15.9. The Morgan fingerprint density at radius 2 is 2.00 bits per heavy atom. The minimum atomic E-state index is -0.343. The van der Waals surface area contributed by atoms with Gasteiger partial charge in [-0.05, 0) is 36.2 Å². The lowest BCUT2D eigenvalue weighted by atomic mass is 10.1. The third-order valence-electron chi connectivity index (χ3n) is 6.45. The molecule has 35 heavy (non-hydrogen) atoms. The fourth-order valence-corrected chi connectivity index (χ4v) is 4.36. The SMILES string of the molecule is CO[C@@H](C=O)CN1CCN(CCc2coc3cc(Oc4ccc(-c5ccn[nH]5)cn4)ccc23)CC1. The van der Waals surface area contributed by atoms with Crippen LogP contribution in [0.1, 0.15) is 5.56 Å². The van der Waals surface area contributed by atoms with Crippen LogP contribution in [0.3, 0.4) is 0 Å². The molecule has 1 aliphatic heterocycles. The molecule has 9 nitrogen and oxygen atoms in total. The molecule has 1 aliphatic rings. The molecule has 4 aromatic rings. The van der Waals surface area contributed by atoms with Gasteiger partial charge in [-0.25, -0.2) is 4.98 Å². The quantitative estimate of drug-likeness (QED) is 0.349. The molecule has 4 heterocycles. The summed E-state index contributed by atoms with van der Waals surface area (Å²) >= 11 is 0. The summed E-state index contributed by atoms with van der Waals surface area (Å²) in [6, 6.07) is 11.6. The van der Waals surface area contributed by atoms with Gasteiger partial charge < -0.3 is 23.6 Å². The van der Waals surface area contributed by atoms with Gasteiger partial charge >= 0.3 is 0 Å². The predicted octanol–water partition coefficient (Wildman–Crippen LogP) is 3.38. The van der Waals surface area contributed by atoms with Gasteiger partial charge in [0, 0.05) is 81.9 Å². The van der Waals surface area contributed by atoms with Crippen molar-refractivity contribution < 1.29 is 18.7 Å². The van der Waals surface area contributed by atoms with Crippen molar-refractivity contribution in [3.63, 3.8) is 0 Å². The molecule has 0 bridgehead atoms. The number of piperazine rings is 1. The molecule has 1 N–H and O–H groups in total. The minimum Gasteiger partial charge on any atom is -0.464 e. The van der Waals surface area contributed by atoms with Crippen LogP contribution in [-0.2, 0) is 16.0 Å². The van der Waals surface area contributed by atoms with Crippen molar-refractivity contribution in [1.82, 2.24) is 25.0 Å². The fraction of sp³-hybridized carbons (Fsp3) is 0.346. The van der Waals surface area contributed by atoms with Crippen LogP contribution in [0.2, 0.25) is 0 Å². The molecule has 0 saturated carbocycles. The van der Waals surface area contributed by atoms with E-state index in [0.29, 0.717) is 18.2 Å². The molecule has 5 rings (SSSR count). The van der Waals surface area contributed by atoms with Gasteiger partial charge in [0.15, 0.2) is 0 Å². The van der Waals surface area contributed by atoms with Crippen LogP contribution >= 0.6 is 0 Å². The number of ether oxygens (including phenoxy) is 2. The summed E-state index contributed by atoms with van der Waals surface area (Å²) in [4.78, 5) is 20.1. The number of methoxy groups -OCH3 is 1. The number of rotatable bonds is 10. The third-order valence-corrected chi connectivity index (χ3v) is 6.45. The minimum absolute atomic E-state index is 0.343. The first-order valence-corrected chi connectivity index (χ1v) is 11.8. The number of benzene rings is 1. The van der Waals surface area contributed by atoms with Crippen molar-refractivity contribution in [2.24, 2.45) is 0 Å². The first kappa shape index (κ1) is 23.2. The maximum absolute atomic E-state index is 11.0. The number of H-pyrrole nitrogens is 1. The summed E-state index contributed by atoms with van der Waals surface area (Å²) in [6.45, 7) is 5.47. The first-order valence-electron chi connectivity index (χ1n) is 11.8. The molecule has 182 valence electrons. The van der Waals surface area contributed by atoms with E-state index < -0.39 is 0 Å². The van der Waals surface area contributed by atoms with Crippen molar-refractivity contribution in [3.05, 3.63) is 60.6 Å². The molecule has 1 fully saturated rings. The Hall–Kier alpha value is -3.53. The maximum atomic E-state index is 11.0. The molecule has 1 atom stereocenters. The second kappa shape index (κ2) is 10.8. The fourth-order valence-electron chi connectivity index (χ4n) is 4.36. The van der Waals surface area contributed by atoms with E-state index >= 15 is 0 Å². The number of carbonyl (C=O) groups excluding carboxylic acids is 1. The van der Waals surface area contributed by atoms with Crippen LogP contribution < -0.4 is 4.74 Å². The Morgan fingerprint density at radius 3 is 2.71 bits per heavy atom. The van der Waals surface area contributed by atoms with Crippen LogP contribution in [-0.4, -0.2) is 83.7 Å². The Balaban J connectivity index is 1.15. The van der Waals surface area contributed by atoms with E-state index in [0.717, 1.165) is 67.7 Å². The average molecular weight is 476 g/mol. The van der Waals surface area contributed by atoms with E-state index in [1.807, 2.05) is 42.7 Å². The van der Waals surface area contributed by atoms with E-state index in [1.54, 1.807) is 19.5 Å². The number of pyridine rings is 1. The van der Waals surface area contributed by atoms with Crippen molar-refractivity contribution in [3.8, 4) is 22.9 Å². The zero-order chi connectivity index (χ0) is 24.0. The smallest absolute Gasteiger partial charge is 0.219 e. The summed E-state index contributed by atoms with van der Waals surface area (Å²) < 4.78 is 16.9. The number of aromatic amines is 1. The van der Waals surface area contributed by atoms with Crippen LogP contribution in [0.5, 0.6) is 11.6 Å².